The Bertz CT molecular complexity index is 656. The lowest BCUT2D eigenvalue weighted by Gasteiger charge is -2.15. The van der Waals surface area contributed by atoms with Crippen LogP contribution in [-0.2, 0) is 11.4 Å². The van der Waals surface area contributed by atoms with Crippen LogP contribution in [0.1, 0.15) is 31.0 Å². The molecule has 0 aromatic heterocycles. The summed E-state index contributed by atoms with van der Waals surface area (Å²) in [6.45, 7) is 4.75. The fourth-order valence-electron chi connectivity index (χ4n) is 2.33. The van der Waals surface area contributed by atoms with Gasteiger partial charge in [-0.15, -0.1) is 0 Å². The molecule has 0 aliphatic heterocycles. The molecular weight excluding hydrogens is 304 g/mol. The number of aliphatic hydroxyl groups is 1. The van der Waals surface area contributed by atoms with Crippen molar-refractivity contribution in [3.8, 4) is 5.75 Å². The zero-order chi connectivity index (χ0) is 17.4. The standard InChI is InChI=1S/C19H24N2O3/c1-3-24-18-9-7-17(8-10-18)21-19(23)12-20-14(2)16-6-4-5-15(11-16)13-22/h4-11,14,20,22H,3,12-13H2,1-2H3,(H,21,23). The van der Waals surface area contributed by atoms with E-state index < -0.39 is 0 Å². The van der Waals surface area contributed by atoms with E-state index in [0.717, 1.165) is 22.6 Å². The molecule has 0 spiro atoms. The Balaban J connectivity index is 1.83. The average molecular weight is 328 g/mol. The molecule has 0 saturated heterocycles. The van der Waals surface area contributed by atoms with Crippen molar-refractivity contribution in [1.82, 2.24) is 5.32 Å². The van der Waals surface area contributed by atoms with Crippen molar-refractivity contribution in [2.24, 2.45) is 0 Å². The third kappa shape index (κ3) is 5.37. The second-order valence-corrected chi connectivity index (χ2v) is 5.51. The molecule has 3 N–H and O–H groups in total. The first-order chi connectivity index (χ1) is 11.6. The van der Waals surface area contributed by atoms with E-state index in [2.05, 4.69) is 10.6 Å². The molecule has 0 heterocycles. The third-order valence-electron chi connectivity index (χ3n) is 3.65. The van der Waals surface area contributed by atoms with Gasteiger partial charge < -0.3 is 20.5 Å². The summed E-state index contributed by atoms with van der Waals surface area (Å²) >= 11 is 0. The zero-order valence-corrected chi connectivity index (χ0v) is 14.1. The summed E-state index contributed by atoms with van der Waals surface area (Å²) in [4.78, 5) is 12.0. The Morgan fingerprint density at radius 2 is 1.96 bits per heavy atom. The number of ether oxygens (including phenoxy) is 1. The van der Waals surface area contributed by atoms with E-state index in [-0.39, 0.29) is 25.1 Å². The third-order valence-corrected chi connectivity index (χ3v) is 3.65. The van der Waals surface area contributed by atoms with Crippen LogP contribution in [0.5, 0.6) is 5.75 Å². The summed E-state index contributed by atoms with van der Waals surface area (Å²) < 4.78 is 5.37. The Kier molecular flexibility index (Phi) is 6.78. The topological polar surface area (TPSA) is 70.6 Å². The Labute approximate surface area is 142 Å². The number of anilines is 1. The molecule has 1 amide bonds. The van der Waals surface area contributed by atoms with Gasteiger partial charge >= 0.3 is 0 Å². The Morgan fingerprint density at radius 3 is 2.62 bits per heavy atom. The molecule has 5 nitrogen and oxygen atoms in total. The lowest BCUT2D eigenvalue weighted by atomic mass is 10.1. The first-order valence-electron chi connectivity index (χ1n) is 8.08. The first-order valence-corrected chi connectivity index (χ1v) is 8.08. The van der Waals surface area contributed by atoms with Crippen LogP contribution in [-0.4, -0.2) is 24.2 Å². The number of benzene rings is 2. The maximum absolute atomic E-state index is 12.0. The van der Waals surface area contributed by atoms with E-state index in [0.29, 0.717) is 6.61 Å². The molecule has 2 rings (SSSR count). The van der Waals surface area contributed by atoms with Gasteiger partial charge in [-0.2, -0.15) is 0 Å². The number of amides is 1. The van der Waals surface area contributed by atoms with Crippen LogP contribution in [0.25, 0.3) is 0 Å². The summed E-state index contributed by atoms with van der Waals surface area (Å²) in [5, 5.41) is 15.2. The second-order valence-electron chi connectivity index (χ2n) is 5.51. The lowest BCUT2D eigenvalue weighted by Crippen LogP contribution is -2.30. The van der Waals surface area contributed by atoms with Crippen LogP contribution in [0.3, 0.4) is 0 Å². The van der Waals surface area contributed by atoms with E-state index in [1.165, 1.54) is 0 Å². The van der Waals surface area contributed by atoms with Gasteiger partial charge in [-0.05, 0) is 49.2 Å². The number of rotatable bonds is 8. The van der Waals surface area contributed by atoms with Crippen molar-refractivity contribution < 1.29 is 14.6 Å². The minimum absolute atomic E-state index is 0.0127. The van der Waals surface area contributed by atoms with Crippen LogP contribution >= 0.6 is 0 Å². The van der Waals surface area contributed by atoms with E-state index in [4.69, 9.17) is 4.74 Å². The van der Waals surface area contributed by atoms with Crippen LogP contribution in [0.15, 0.2) is 48.5 Å². The Morgan fingerprint density at radius 1 is 1.21 bits per heavy atom. The lowest BCUT2D eigenvalue weighted by molar-refractivity contribution is -0.115. The smallest absolute Gasteiger partial charge is 0.238 e. The van der Waals surface area contributed by atoms with Gasteiger partial charge in [0.2, 0.25) is 5.91 Å². The number of carbonyl (C=O) groups is 1. The molecule has 2 aromatic rings. The van der Waals surface area contributed by atoms with Crippen molar-refractivity contribution >= 4 is 11.6 Å². The number of nitrogens with one attached hydrogen (secondary N) is 2. The first kappa shape index (κ1) is 18.0. The molecule has 1 unspecified atom stereocenters. The monoisotopic (exact) mass is 328 g/mol. The van der Waals surface area contributed by atoms with Crippen molar-refractivity contribution in [1.29, 1.82) is 0 Å². The number of hydrogen-bond acceptors (Lipinski definition) is 4. The van der Waals surface area contributed by atoms with Crippen LogP contribution in [0.4, 0.5) is 5.69 Å². The maximum atomic E-state index is 12.0. The normalized spacial score (nSPS) is 11.8. The minimum Gasteiger partial charge on any atom is -0.494 e. The van der Waals surface area contributed by atoms with E-state index in [1.54, 1.807) is 0 Å². The Hall–Kier alpha value is -2.37. The van der Waals surface area contributed by atoms with Crippen LogP contribution < -0.4 is 15.4 Å². The average Bonchev–Trinajstić information content (AvgIpc) is 2.61. The minimum atomic E-state index is -0.107. The van der Waals surface area contributed by atoms with Gasteiger partial charge in [-0.1, -0.05) is 24.3 Å². The predicted molar refractivity (Wildman–Crippen MR) is 95.0 cm³/mol. The van der Waals surface area contributed by atoms with E-state index in [1.807, 2.05) is 62.4 Å². The SMILES string of the molecule is CCOc1ccc(NC(=O)CNC(C)c2cccc(CO)c2)cc1. The van der Waals surface area contributed by atoms with Gasteiger partial charge in [-0.25, -0.2) is 0 Å². The molecule has 0 aliphatic rings. The molecule has 0 fully saturated rings. The molecular formula is C19H24N2O3. The van der Waals surface area contributed by atoms with Crippen molar-refractivity contribution in [3.63, 3.8) is 0 Å². The predicted octanol–water partition coefficient (Wildman–Crippen LogP) is 2.87. The van der Waals surface area contributed by atoms with E-state index >= 15 is 0 Å². The van der Waals surface area contributed by atoms with Gasteiger partial charge in [0.1, 0.15) is 5.75 Å². The largest absolute Gasteiger partial charge is 0.494 e. The molecule has 24 heavy (non-hydrogen) atoms. The number of aliphatic hydroxyl groups excluding tert-OH is 1. The summed E-state index contributed by atoms with van der Waals surface area (Å²) in [6, 6.07) is 15.0. The number of hydrogen-bond donors (Lipinski definition) is 3. The van der Waals surface area contributed by atoms with Crippen molar-refractivity contribution in [2.75, 3.05) is 18.5 Å². The summed E-state index contributed by atoms with van der Waals surface area (Å²) in [6.07, 6.45) is 0. The summed E-state index contributed by atoms with van der Waals surface area (Å²) in [7, 11) is 0. The fourth-order valence-corrected chi connectivity index (χ4v) is 2.33. The van der Waals surface area contributed by atoms with Crippen LogP contribution in [0.2, 0.25) is 0 Å². The molecule has 0 aliphatic carbocycles. The summed E-state index contributed by atoms with van der Waals surface area (Å²) in [5.74, 6) is 0.676. The number of carbonyl (C=O) groups excluding carboxylic acids is 1. The highest BCUT2D eigenvalue weighted by atomic mass is 16.5. The van der Waals surface area contributed by atoms with Gasteiger partial charge in [0.25, 0.3) is 0 Å². The van der Waals surface area contributed by atoms with Gasteiger partial charge in [0.15, 0.2) is 0 Å². The molecule has 2 aromatic carbocycles. The van der Waals surface area contributed by atoms with Crippen molar-refractivity contribution in [2.45, 2.75) is 26.5 Å². The molecule has 128 valence electrons. The molecule has 1 atom stereocenters. The quantitative estimate of drug-likeness (QED) is 0.697. The molecule has 0 bridgehead atoms. The zero-order valence-electron chi connectivity index (χ0n) is 14.1. The van der Waals surface area contributed by atoms with Crippen LogP contribution in [0, 0.1) is 0 Å². The summed E-state index contributed by atoms with van der Waals surface area (Å²) in [5.41, 5.74) is 2.63. The van der Waals surface area contributed by atoms with Gasteiger partial charge in [-0.3, -0.25) is 4.79 Å². The molecule has 5 heteroatoms. The highest BCUT2D eigenvalue weighted by molar-refractivity contribution is 5.92. The molecule has 0 saturated carbocycles. The fraction of sp³-hybridized carbons (Fsp3) is 0.316. The van der Waals surface area contributed by atoms with Crippen molar-refractivity contribution in [3.05, 3.63) is 59.7 Å². The van der Waals surface area contributed by atoms with Gasteiger partial charge in [0, 0.05) is 11.7 Å². The second kappa shape index (κ2) is 9.05. The van der Waals surface area contributed by atoms with Gasteiger partial charge in [0.05, 0.1) is 19.8 Å². The highest BCUT2D eigenvalue weighted by Gasteiger charge is 2.08. The molecule has 0 radical (unpaired) electrons. The maximum Gasteiger partial charge on any atom is 0.238 e. The van der Waals surface area contributed by atoms with E-state index in [9.17, 15) is 9.90 Å². The highest BCUT2D eigenvalue weighted by Crippen LogP contribution is 2.16.